The van der Waals surface area contributed by atoms with E-state index in [4.69, 9.17) is 19.2 Å². The molecule has 0 aliphatic carbocycles. The van der Waals surface area contributed by atoms with E-state index < -0.39 is 7.82 Å². The van der Waals surface area contributed by atoms with E-state index in [-0.39, 0.29) is 0 Å². The molecule has 0 fully saturated rings. The molecule has 0 spiro atoms. The Morgan fingerprint density at radius 1 is 0.895 bits per heavy atom. The summed E-state index contributed by atoms with van der Waals surface area (Å²) in [5.41, 5.74) is 0. The summed E-state index contributed by atoms with van der Waals surface area (Å²) >= 11 is 0.751. The van der Waals surface area contributed by atoms with E-state index in [0.29, 0.717) is 3.03 Å². The molecule has 0 radical (unpaired) electrons. The second-order valence-corrected chi connectivity index (χ2v) is 6.94. The second kappa shape index (κ2) is 15.2. The molecule has 0 unspecified atom stereocenters. The number of carbonyl (C=O) groups is 1. The Bertz CT molecular complexity index is 246. The Morgan fingerprint density at radius 2 is 1.21 bits per heavy atom. The third kappa shape index (κ3) is 38.1. The predicted octanol–water partition coefficient (Wildman–Crippen LogP) is 2.67. The van der Waals surface area contributed by atoms with Gasteiger partial charge in [0.15, 0.2) is 0 Å². The molecule has 0 bridgehead atoms. The van der Waals surface area contributed by atoms with Crippen LogP contribution in [0.4, 0.5) is 0 Å². The first kappa shape index (κ1) is 22.1. The van der Waals surface area contributed by atoms with Crippen LogP contribution >= 0.6 is 7.82 Å². The van der Waals surface area contributed by atoms with Crippen LogP contribution in [0.25, 0.3) is 0 Å². The summed E-state index contributed by atoms with van der Waals surface area (Å²) in [6.07, 6.45) is 12.9. The minimum Gasteiger partial charge on any atom is -0.303 e. The Hall–Kier alpha value is 0.780. The molecule has 0 aromatic rings. The van der Waals surface area contributed by atoms with E-state index >= 15 is 0 Å². The molecule has 0 saturated carbocycles. The summed E-state index contributed by atoms with van der Waals surface area (Å²) in [5, 5.41) is 0. The Morgan fingerprint density at radius 3 is 1.53 bits per heavy atom. The van der Waals surface area contributed by atoms with Gasteiger partial charge < -0.3 is 14.7 Å². The number of hydrogen-bond acceptors (Lipinski definition) is 2. The molecule has 0 rings (SSSR count). The zero-order valence-electron chi connectivity index (χ0n) is 12.2. The van der Waals surface area contributed by atoms with Crippen LogP contribution in [0, 0.1) is 0 Å². The van der Waals surface area contributed by atoms with Crippen molar-refractivity contribution in [3.8, 4) is 0 Å². The molecule has 0 atom stereocenters. The molecule has 0 aliphatic heterocycles. The van der Waals surface area contributed by atoms with Gasteiger partial charge in [0.05, 0.1) is 0 Å². The third-order valence-electron chi connectivity index (χ3n) is 2.63. The van der Waals surface area contributed by atoms with Crippen LogP contribution in [-0.2, 0) is 9.36 Å². The fraction of sp³-hybridized carbons (Fsp3) is 0.917. The number of phosphoric acid groups is 1. The van der Waals surface area contributed by atoms with Crippen LogP contribution in [0.1, 0.15) is 71.1 Å². The molecular formula is C12H26NaO5P. The number of hydrogen-bond donors (Lipinski definition) is 3. The maximum absolute atomic E-state index is 10.7. The SMILES string of the molecule is CCCCCCCCCCC[C](=O)[Na].O=P(O)(O)O. The van der Waals surface area contributed by atoms with E-state index in [9.17, 15) is 4.79 Å². The summed E-state index contributed by atoms with van der Waals surface area (Å²) in [6, 6.07) is 0. The molecule has 0 aromatic carbocycles. The van der Waals surface area contributed by atoms with Crippen molar-refractivity contribution in [3.05, 3.63) is 0 Å². The molecule has 19 heavy (non-hydrogen) atoms. The molecule has 0 aromatic heterocycles. The zero-order chi connectivity index (χ0) is 15.1. The van der Waals surface area contributed by atoms with Gasteiger partial charge in [0, 0.05) is 0 Å². The topological polar surface area (TPSA) is 94.8 Å². The number of unbranched alkanes of at least 4 members (excludes halogenated alkanes) is 8. The zero-order valence-corrected chi connectivity index (χ0v) is 15.1. The van der Waals surface area contributed by atoms with Gasteiger partial charge in [-0.3, -0.25) is 0 Å². The van der Waals surface area contributed by atoms with E-state index in [1.807, 2.05) is 0 Å². The van der Waals surface area contributed by atoms with E-state index in [1.54, 1.807) is 0 Å². The van der Waals surface area contributed by atoms with Gasteiger partial charge in [-0.1, -0.05) is 0 Å². The van der Waals surface area contributed by atoms with Crippen LogP contribution < -0.4 is 0 Å². The predicted molar refractivity (Wildman–Crippen MR) is 76.9 cm³/mol. The Kier molecular flexibility index (Phi) is 17.6. The van der Waals surface area contributed by atoms with E-state index in [2.05, 4.69) is 6.92 Å². The fourth-order valence-corrected chi connectivity index (χ4v) is 2.04. The van der Waals surface area contributed by atoms with Crippen LogP contribution in [0.3, 0.4) is 0 Å². The van der Waals surface area contributed by atoms with Crippen LogP contribution in [0.2, 0.25) is 0 Å². The Balaban J connectivity index is 0. The summed E-state index contributed by atoms with van der Waals surface area (Å²) in [7, 11) is -4.64. The normalized spacial score (nSPS) is 10.8. The van der Waals surface area contributed by atoms with Crippen molar-refractivity contribution < 1.29 is 24.0 Å². The van der Waals surface area contributed by atoms with Crippen LogP contribution in [0.5, 0.6) is 0 Å². The smallest absolute Gasteiger partial charge is 0.303 e. The summed E-state index contributed by atoms with van der Waals surface area (Å²) in [5.74, 6) is 0. The van der Waals surface area contributed by atoms with Crippen LogP contribution in [-0.4, -0.2) is 45.6 Å². The van der Waals surface area contributed by atoms with Crippen molar-refractivity contribution in [3.63, 3.8) is 0 Å². The van der Waals surface area contributed by atoms with Crippen molar-refractivity contribution in [2.24, 2.45) is 0 Å². The van der Waals surface area contributed by atoms with Gasteiger partial charge in [-0.15, -0.1) is 0 Å². The average molecular weight is 304 g/mol. The fourth-order valence-electron chi connectivity index (χ4n) is 1.68. The van der Waals surface area contributed by atoms with Gasteiger partial charge in [0.25, 0.3) is 0 Å². The number of rotatable bonds is 10. The first-order valence-corrected chi connectivity index (χ1v) is 9.61. The first-order chi connectivity index (χ1) is 8.77. The molecule has 0 aliphatic rings. The van der Waals surface area contributed by atoms with Crippen molar-refractivity contribution in [2.75, 3.05) is 0 Å². The first-order valence-electron chi connectivity index (χ1n) is 7.05. The maximum atomic E-state index is 10.7. The molecule has 3 N–H and O–H groups in total. The van der Waals surface area contributed by atoms with Crippen molar-refractivity contribution >= 4 is 38.8 Å². The summed E-state index contributed by atoms with van der Waals surface area (Å²) < 4.78 is 9.36. The van der Waals surface area contributed by atoms with Crippen LogP contribution in [0.15, 0.2) is 0 Å². The quantitative estimate of drug-likeness (QED) is 0.328. The van der Waals surface area contributed by atoms with E-state index in [1.165, 1.54) is 51.4 Å². The summed E-state index contributed by atoms with van der Waals surface area (Å²) in [4.78, 5) is 32.3. The standard InChI is InChI=1S/C12H23O.Na.H3O4P/c1-2-3-4-5-6-7-8-9-10-11-12-13;;1-5(2,3)4/h2-11H2,1H3;;(H3,1,2,3,4). The van der Waals surface area contributed by atoms with Gasteiger partial charge in [-0.25, -0.2) is 4.57 Å². The largest absolute Gasteiger partial charge is 0.466 e. The van der Waals surface area contributed by atoms with Gasteiger partial charge >= 0.3 is 115 Å². The molecule has 0 saturated heterocycles. The van der Waals surface area contributed by atoms with Gasteiger partial charge in [-0.05, 0) is 0 Å². The van der Waals surface area contributed by atoms with Gasteiger partial charge in [0.2, 0.25) is 0 Å². The molecule has 7 heteroatoms. The monoisotopic (exact) mass is 304 g/mol. The molecule has 0 heterocycles. The minimum atomic E-state index is -4.64. The number of carbonyl (C=O) groups excluding carboxylic acids is 1. The average Bonchev–Trinajstić information content (AvgIpc) is 2.24. The molecule has 110 valence electrons. The van der Waals surface area contributed by atoms with Crippen molar-refractivity contribution in [2.45, 2.75) is 71.1 Å². The molecule has 5 nitrogen and oxygen atoms in total. The molecular weight excluding hydrogens is 278 g/mol. The Labute approximate surface area is 133 Å². The van der Waals surface area contributed by atoms with E-state index in [0.717, 1.165) is 40.8 Å². The van der Waals surface area contributed by atoms with Crippen molar-refractivity contribution in [1.82, 2.24) is 0 Å². The van der Waals surface area contributed by atoms with Crippen molar-refractivity contribution in [1.29, 1.82) is 0 Å². The molecule has 0 amide bonds. The van der Waals surface area contributed by atoms with Gasteiger partial charge in [-0.2, -0.15) is 0 Å². The summed E-state index contributed by atoms with van der Waals surface area (Å²) in [6.45, 7) is 2.26. The minimum absolute atomic E-state index is 0.480. The second-order valence-electron chi connectivity index (χ2n) is 4.79. The van der Waals surface area contributed by atoms with Gasteiger partial charge in [0.1, 0.15) is 0 Å². The third-order valence-corrected chi connectivity index (χ3v) is 3.13. The maximum Gasteiger partial charge on any atom is 0.466 e.